The molecule has 118 valence electrons. The number of rotatable bonds is 3. The van der Waals surface area contributed by atoms with Crippen LogP contribution in [-0.4, -0.2) is 39.0 Å². The van der Waals surface area contributed by atoms with Crippen LogP contribution in [0.1, 0.15) is 17.5 Å². The highest BCUT2D eigenvalue weighted by Gasteiger charge is 2.36. The number of fused-ring (bicyclic) bond motifs is 1. The third kappa shape index (κ3) is 3.32. The summed E-state index contributed by atoms with van der Waals surface area (Å²) in [6, 6.07) is 3.01. The maximum absolute atomic E-state index is 12.4. The molecule has 1 N–H and O–H groups in total. The second-order valence-electron chi connectivity index (χ2n) is 5.14. The topological polar surface area (TPSA) is 49.4 Å². The van der Waals surface area contributed by atoms with Gasteiger partial charge in [-0.15, -0.1) is 0 Å². The third-order valence-electron chi connectivity index (χ3n) is 3.47. The number of anilines is 1. The summed E-state index contributed by atoms with van der Waals surface area (Å²) >= 11 is 0. The average molecular weight is 322 g/mol. The molecule has 0 aromatic heterocycles. The van der Waals surface area contributed by atoms with Gasteiger partial charge in [-0.05, 0) is 37.0 Å². The van der Waals surface area contributed by atoms with Crippen molar-refractivity contribution < 1.29 is 21.6 Å². The predicted octanol–water partition coefficient (Wildman–Crippen LogP) is 2.54. The van der Waals surface area contributed by atoms with Crippen molar-refractivity contribution in [2.75, 3.05) is 25.5 Å². The molecule has 0 fully saturated rings. The first kappa shape index (κ1) is 16.1. The van der Waals surface area contributed by atoms with E-state index in [9.17, 15) is 21.6 Å². The molecular formula is C13H17F3N2O2S. The number of alkyl halides is 3. The fraction of sp³-hybridized carbons (Fsp3) is 0.538. The van der Waals surface area contributed by atoms with Crippen molar-refractivity contribution in [1.29, 1.82) is 0 Å². The van der Waals surface area contributed by atoms with Crippen LogP contribution in [0.4, 0.5) is 18.9 Å². The molecule has 0 bridgehead atoms. The minimum absolute atomic E-state index is 0.0398. The van der Waals surface area contributed by atoms with E-state index in [0.717, 1.165) is 31.3 Å². The molecule has 4 nitrogen and oxygen atoms in total. The van der Waals surface area contributed by atoms with E-state index in [1.807, 2.05) is 6.92 Å². The van der Waals surface area contributed by atoms with Crippen LogP contribution in [0.3, 0.4) is 0 Å². The van der Waals surface area contributed by atoms with E-state index in [4.69, 9.17) is 0 Å². The summed E-state index contributed by atoms with van der Waals surface area (Å²) in [5.74, 6) is 0. The zero-order valence-corrected chi connectivity index (χ0v) is 12.6. The molecule has 1 aliphatic heterocycles. The quantitative estimate of drug-likeness (QED) is 0.930. The molecule has 0 radical (unpaired) electrons. The Balaban J connectivity index is 2.46. The van der Waals surface area contributed by atoms with E-state index >= 15 is 0 Å². The Labute approximate surface area is 122 Å². The van der Waals surface area contributed by atoms with Crippen molar-refractivity contribution in [2.24, 2.45) is 0 Å². The van der Waals surface area contributed by atoms with Gasteiger partial charge in [0.25, 0.3) is 0 Å². The monoisotopic (exact) mass is 322 g/mol. The van der Waals surface area contributed by atoms with Gasteiger partial charge in [0, 0.05) is 19.3 Å². The molecule has 0 saturated heterocycles. The van der Waals surface area contributed by atoms with E-state index in [1.54, 1.807) is 6.07 Å². The summed E-state index contributed by atoms with van der Waals surface area (Å²) in [6.45, 7) is 1.08. The summed E-state index contributed by atoms with van der Waals surface area (Å²) in [4.78, 5) is -0.0398. The SMILES string of the molecule is Cc1ccc(S(=O)(=O)N(C)CC(F)(F)F)c2c1NCCC2. The molecule has 0 amide bonds. The molecular weight excluding hydrogens is 305 g/mol. The fourth-order valence-corrected chi connectivity index (χ4v) is 3.87. The first-order valence-electron chi connectivity index (χ1n) is 6.52. The zero-order chi connectivity index (χ0) is 15.8. The molecule has 1 aliphatic rings. The molecule has 2 rings (SSSR count). The van der Waals surface area contributed by atoms with Crippen LogP contribution in [0.25, 0.3) is 0 Å². The summed E-state index contributed by atoms with van der Waals surface area (Å²) in [5, 5.41) is 3.13. The van der Waals surface area contributed by atoms with Crippen LogP contribution >= 0.6 is 0 Å². The van der Waals surface area contributed by atoms with E-state index in [0.29, 0.717) is 16.3 Å². The van der Waals surface area contributed by atoms with Crippen LogP contribution < -0.4 is 5.32 Å². The third-order valence-corrected chi connectivity index (χ3v) is 5.36. The number of benzene rings is 1. The van der Waals surface area contributed by atoms with Gasteiger partial charge in [0.2, 0.25) is 10.0 Å². The van der Waals surface area contributed by atoms with Gasteiger partial charge >= 0.3 is 6.18 Å². The summed E-state index contributed by atoms with van der Waals surface area (Å²) in [7, 11) is -3.21. The smallest absolute Gasteiger partial charge is 0.385 e. The second kappa shape index (κ2) is 5.49. The van der Waals surface area contributed by atoms with Crippen molar-refractivity contribution in [3.63, 3.8) is 0 Å². The highest BCUT2D eigenvalue weighted by molar-refractivity contribution is 7.89. The molecule has 0 unspecified atom stereocenters. The summed E-state index contributed by atoms with van der Waals surface area (Å²) < 4.78 is 62.4. The maximum Gasteiger partial charge on any atom is 0.402 e. The van der Waals surface area contributed by atoms with Gasteiger partial charge < -0.3 is 5.32 Å². The number of halogens is 3. The first-order valence-corrected chi connectivity index (χ1v) is 7.96. The Bertz CT molecular complexity index is 642. The van der Waals surface area contributed by atoms with E-state index < -0.39 is 22.7 Å². The molecule has 0 atom stereocenters. The first-order chi connectivity index (χ1) is 9.63. The van der Waals surface area contributed by atoms with E-state index in [-0.39, 0.29) is 4.90 Å². The Morgan fingerprint density at radius 1 is 1.33 bits per heavy atom. The number of nitrogens with one attached hydrogen (secondary N) is 1. The van der Waals surface area contributed by atoms with Gasteiger partial charge in [0.1, 0.15) is 6.54 Å². The Morgan fingerprint density at radius 2 is 2.00 bits per heavy atom. The predicted molar refractivity (Wildman–Crippen MR) is 73.9 cm³/mol. The van der Waals surface area contributed by atoms with Crippen molar-refractivity contribution in [3.8, 4) is 0 Å². The van der Waals surface area contributed by atoms with Crippen LogP contribution in [0.15, 0.2) is 17.0 Å². The molecule has 0 saturated carbocycles. The zero-order valence-electron chi connectivity index (χ0n) is 11.8. The maximum atomic E-state index is 12.4. The Kier molecular flexibility index (Phi) is 4.21. The summed E-state index contributed by atoms with van der Waals surface area (Å²) in [6.07, 6.45) is -3.27. The molecule has 1 heterocycles. The fourth-order valence-electron chi connectivity index (χ4n) is 2.47. The molecule has 21 heavy (non-hydrogen) atoms. The largest absolute Gasteiger partial charge is 0.402 e. The normalized spacial score (nSPS) is 15.7. The number of aryl methyl sites for hydroxylation is 1. The average Bonchev–Trinajstić information content (AvgIpc) is 2.37. The lowest BCUT2D eigenvalue weighted by molar-refractivity contribution is -0.134. The van der Waals surface area contributed by atoms with Gasteiger partial charge in [-0.1, -0.05) is 6.07 Å². The number of sulfonamides is 1. The number of hydrogen-bond acceptors (Lipinski definition) is 3. The van der Waals surface area contributed by atoms with Crippen molar-refractivity contribution >= 4 is 15.7 Å². The second-order valence-corrected chi connectivity index (χ2v) is 7.15. The van der Waals surface area contributed by atoms with Crippen LogP contribution in [-0.2, 0) is 16.4 Å². The Hall–Kier alpha value is -1.28. The van der Waals surface area contributed by atoms with E-state index in [1.165, 1.54) is 6.07 Å². The van der Waals surface area contributed by atoms with Gasteiger partial charge in [-0.25, -0.2) is 8.42 Å². The highest BCUT2D eigenvalue weighted by atomic mass is 32.2. The lowest BCUT2D eigenvalue weighted by Gasteiger charge is -2.25. The van der Waals surface area contributed by atoms with Crippen LogP contribution in [0.2, 0.25) is 0 Å². The molecule has 0 aliphatic carbocycles. The van der Waals surface area contributed by atoms with Gasteiger partial charge in [-0.3, -0.25) is 0 Å². The van der Waals surface area contributed by atoms with Crippen molar-refractivity contribution in [3.05, 3.63) is 23.3 Å². The van der Waals surface area contributed by atoms with Gasteiger partial charge in [-0.2, -0.15) is 17.5 Å². The molecule has 1 aromatic carbocycles. The summed E-state index contributed by atoms with van der Waals surface area (Å²) in [5.41, 5.74) is 2.19. The van der Waals surface area contributed by atoms with Crippen LogP contribution in [0.5, 0.6) is 0 Å². The van der Waals surface area contributed by atoms with Crippen molar-refractivity contribution in [2.45, 2.75) is 30.8 Å². The molecule has 0 spiro atoms. The molecule has 8 heteroatoms. The van der Waals surface area contributed by atoms with E-state index in [2.05, 4.69) is 5.32 Å². The minimum atomic E-state index is -4.56. The standard InChI is InChI=1S/C13H17F3N2O2S/c1-9-5-6-11(10-4-3-7-17-12(9)10)21(19,20)18(2)8-13(14,15)16/h5-6,17H,3-4,7-8H2,1-2H3. The number of hydrogen-bond donors (Lipinski definition) is 1. The molecule has 1 aromatic rings. The highest BCUT2D eigenvalue weighted by Crippen LogP contribution is 2.33. The van der Waals surface area contributed by atoms with Crippen molar-refractivity contribution in [1.82, 2.24) is 4.31 Å². The Morgan fingerprint density at radius 3 is 2.62 bits per heavy atom. The minimum Gasteiger partial charge on any atom is -0.385 e. The number of nitrogens with zero attached hydrogens (tertiary/aromatic N) is 1. The van der Waals surface area contributed by atoms with Crippen LogP contribution in [0, 0.1) is 6.92 Å². The van der Waals surface area contributed by atoms with Gasteiger partial charge in [0.05, 0.1) is 4.90 Å². The lowest BCUT2D eigenvalue weighted by Crippen LogP contribution is -2.36. The van der Waals surface area contributed by atoms with Gasteiger partial charge in [0.15, 0.2) is 0 Å². The lowest BCUT2D eigenvalue weighted by atomic mass is 10.00.